The number of hydrogen-bond donors (Lipinski definition) is 4. The van der Waals surface area contributed by atoms with Gasteiger partial charge in [-0.25, -0.2) is 9.59 Å². The molecular weight excluding hydrogens is 408 g/mol. The predicted octanol–water partition coefficient (Wildman–Crippen LogP) is 2.48. The van der Waals surface area contributed by atoms with E-state index in [2.05, 4.69) is 0 Å². The highest BCUT2D eigenvalue weighted by Gasteiger charge is 2.43. The molecule has 0 spiro atoms. The van der Waals surface area contributed by atoms with Crippen molar-refractivity contribution in [2.24, 2.45) is 0 Å². The van der Waals surface area contributed by atoms with E-state index in [9.17, 15) is 30.0 Å². The van der Waals surface area contributed by atoms with Gasteiger partial charge in [-0.05, 0) is 38.1 Å². The van der Waals surface area contributed by atoms with E-state index in [0.717, 1.165) is 0 Å². The minimum atomic E-state index is -1.68. The second kappa shape index (κ2) is 6.26. The maximum absolute atomic E-state index is 12.8. The van der Waals surface area contributed by atoms with Crippen molar-refractivity contribution in [3.63, 3.8) is 0 Å². The summed E-state index contributed by atoms with van der Waals surface area (Å²) >= 11 is 0. The Kier molecular flexibility index (Phi) is 3.84. The highest BCUT2D eigenvalue weighted by Crippen LogP contribution is 2.47. The lowest BCUT2D eigenvalue weighted by molar-refractivity contribution is -0.00987. The Labute approximate surface area is 173 Å². The number of hydrogen-bond acceptors (Lipinski definition) is 9. The van der Waals surface area contributed by atoms with Crippen molar-refractivity contribution in [3.8, 4) is 23.0 Å². The van der Waals surface area contributed by atoms with Crippen LogP contribution in [0.5, 0.6) is 23.0 Å². The zero-order valence-corrected chi connectivity index (χ0v) is 16.3. The first kappa shape index (κ1) is 19.0. The molecule has 0 saturated carbocycles. The van der Waals surface area contributed by atoms with E-state index < -0.39 is 29.2 Å². The van der Waals surface area contributed by atoms with E-state index in [4.69, 9.17) is 13.6 Å². The van der Waals surface area contributed by atoms with Crippen LogP contribution in [0.4, 0.5) is 0 Å². The summed E-state index contributed by atoms with van der Waals surface area (Å²) in [5.74, 6) is -2.09. The molecule has 9 heteroatoms. The summed E-state index contributed by atoms with van der Waals surface area (Å²) in [7, 11) is 0. The predicted molar refractivity (Wildman–Crippen MR) is 108 cm³/mol. The Morgan fingerprint density at radius 3 is 1.90 bits per heavy atom. The molecule has 0 saturated heterocycles. The molecule has 0 aliphatic carbocycles. The van der Waals surface area contributed by atoms with E-state index in [0.29, 0.717) is 10.9 Å². The molecule has 3 heterocycles. The molecule has 2 aromatic heterocycles. The number of aliphatic hydroxyl groups excluding tert-OH is 1. The molecule has 158 valence electrons. The lowest BCUT2D eigenvalue weighted by Gasteiger charge is -2.15. The van der Waals surface area contributed by atoms with Crippen LogP contribution in [0.3, 0.4) is 0 Å². The Morgan fingerprint density at radius 1 is 0.774 bits per heavy atom. The Morgan fingerprint density at radius 2 is 1.29 bits per heavy atom. The molecule has 9 nitrogen and oxygen atoms in total. The largest absolute Gasteiger partial charge is 0.508 e. The maximum atomic E-state index is 12.8. The molecule has 2 aromatic carbocycles. The first-order valence-electron chi connectivity index (χ1n) is 9.33. The molecule has 0 amide bonds. The summed E-state index contributed by atoms with van der Waals surface area (Å²) in [6.07, 6.45) is -1.68. The molecule has 1 aliphatic rings. The summed E-state index contributed by atoms with van der Waals surface area (Å²) in [5, 5.41) is 41.7. The van der Waals surface area contributed by atoms with Crippen LogP contribution in [0, 0.1) is 13.8 Å². The van der Waals surface area contributed by atoms with Crippen molar-refractivity contribution in [3.05, 3.63) is 67.4 Å². The van der Waals surface area contributed by atoms with Crippen LogP contribution in [-0.4, -0.2) is 26.7 Å². The number of rotatable bonds is 1. The number of benzene rings is 2. The van der Waals surface area contributed by atoms with Gasteiger partial charge in [-0.3, -0.25) is 0 Å². The van der Waals surface area contributed by atoms with Crippen LogP contribution in [-0.2, 0) is 0 Å². The van der Waals surface area contributed by atoms with E-state index in [1.165, 1.54) is 31.2 Å². The van der Waals surface area contributed by atoms with Crippen LogP contribution in [0.25, 0.3) is 21.9 Å². The van der Waals surface area contributed by atoms with Gasteiger partial charge >= 0.3 is 11.3 Å². The van der Waals surface area contributed by atoms with Crippen LogP contribution in [0.15, 0.2) is 42.7 Å². The average Bonchev–Trinajstić information content (AvgIpc) is 3.06. The minimum Gasteiger partial charge on any atom is -0.508 e. The monoisotopic (exact) mass is 424 g/mol. The smallest absolute Gasteiger partial charge is 0.344 e. The number of phenols is 2. The Hall–Kier alpha value is -3.98. The summed E-state index contributed by atoms with van der Waals surface area (Å²) in [6, 6.07) is 5.53. The van der Waals surface area contributed by atoms with Crippen LogP contribution in [0.1, 0.15) is 28.2 Å². The van der Waals surface area contributed by atoms with Gasteiger partial charge in [0.25, 0.3) is 0 Å². The van der Waals surface area contributed by atoms with E-state index in [1.807, 2.05) is 0 Å². The number of aliphatic hydroxyl groups is 1. The molecule has 2 unspecified atom stereocenters. The summed E-state index contributed by atoms with van der Waals surface area (Å²) in [5.41, 5.74) is -1.79. The van der Waals surface area contributed by atoms with Gasteiger partial charge in [-0.15, -0.1) is 0 Å². The van der Waals surface area contributed by atoms with Gasteiger partial charge in [0.05, 0.1) is 27.8 Å². The third-order valence-corrected chi connectivity index (χ3v) is 5.73. The molecule has 1 aliphatic heterocycles. The van der Waals surface area contributed by atoms with Gasteiger partial charge in [-0.2, -0.15) is 0 Å². The molecule has 31 heavy (non-hydrogen) atoms. The maximum Gasteiger partial charge on any atom is 0.344 e. The normalized spacial score (nSPS) is 17.8. The standard InChI is InChI=1S/C22H16O9/c1-7-11(23)5-3-9-16(25)14(21(27)29-17(7)9)13-15-19(31-20(13)26)10-4-6-12(24)8(2)18(10)30-22(15)28/h3-6,13,20,23-26H,1-2H3. The van der Waals surface area contributed by atoms with Crippen molar-refractivity contribution in [2.45, 2.75) is 26.1 Å². The van der Waals surface area contributed by atoms with Crippen LogP contribution < -0.4 is 16.0 Å². The summed E-state index contributed by atoms with van der Waals surface area (Å²) in [6.45, 7) is 3.07. The number of aryl methyl sites for hydroxylation is 2. The molecule has 2 atom stereocenters. The summed E-state index contributed by atoms with van der Waals surface area (Å²) in [4.78, 5) is 25.6. The summed E-state index contributed by atoms with van der Waals surface area (Å²) < 4.78 is 16.2. The van der Waals surface area contributed by atoms with Crippen LogP contribution >= 0.6 is 0 Å². The quantitative estimate of drug-likeness (QED) is 0.338. The zero-order valence-electron chi connectivity index (χ0n) is 16.3. The number of fused-ring (bicyclic) bond motifs is 4. The number of ether oxygens (including phenoxy) is 1. The fourth-order valence-electron chi connectivity index (χ4n) is 4.05. The van der Waals surface area contributed by atoms with E-state index >= 15 is 0 Å². The van der Waals surface area contributed by atoms with Gasteiger partial charge in [0, 0.05) is 11.1 Å². The molecule has 0 bridgehead atoms. The van der Waals surface area contributed by atoms with Crippen molar-refractivity contribution in [2.75, 3.05) is 0 Å². The lowest BCUT2D eigenvalue weighted by Crippen LogP contribution is -2.26. The minimum absolute atomic E-state index is 0.00682. The van der Waals surface area contributed by atoms with Gasteiger partial charge in [0.2, 0.25) is 6.29 Å². The molecule has 5 rings (SSSR count). The van der Waals surface area contributed by atoms with Gasteiger partial charge < -0.3 is 34.0 Å². The molecule has 0 fully saturated rings. The Balaban J connectivity index is 1.84. The van der Waals surface area contributed by atoms with Crippen molar-refractivity contribution >= 4 is 21.9 Å². The SMILES string of the molecule is Cc1c(O)ccc2c(O)c(C3c4c(c5ccc(O)c(C)c5oc4=O)OC3O)c(=O)oc12. The first-order chi connectivity index (χ1) is 14.7. The number of phenolic OH excluding ortho intramolecular Hbond substituents is 2. The third kappa shape index (κ3) is 2.47. The van der Waals surface area contributed by atoms with Crippen molar-refractivity contribution in [1.82, 2.24) is 0 Å². The van der Waals surface area contributed by atoms with E-state index in [1.54, 1.807) is 6.92 Å². The third-order valence-electron chi connectivity index (χ3n) is 5.73. The second-order valence-electron chi connectivity index (χ2n) is 7.44. The zero-order chi connectivity index (χ0) is 22.2. The van der Waals surface area contributed by atoms with Gasteiger partial charge in [-0.1, -0.05) is 0 Å². The topological polar surface area (TPSA) is 151 Å². The highest BCUT2D eigenvalue weighted by molar-refractivity contribution is 5.91. The van der Waals surface area contributed by atoms with Crippen molar-refractivity contribution in [1.29, 1.82) is 0 Å². The first-order valence-corrected chi connectivity index (χ1v) is 9.33. The molecule has 0 radical (unpaired) electrons. The van der Waals surface area contributed by atoms with Crippen LogP contribution in [0.2, 0.25) is 0 Å². The van der Waals surface area contributed by atoms with Crippen molar-refractivity contribution < 1.29 is 34.0 Å². The highest BCUT2D eigenvalue weighted by atomic mass is 16.6. The molecule has 4 aromatic rings. The average molecular weight is 424 g/mol. The Bertz CT molecular complexity index is 1530. The second-order valence-corrected chi connectivity index (χ2v) is 7.44. The number of aromatic hydroxyl groups is 3. The van der Waals surface area contributed by atoms with E-state index in [-0.39, 0.29) is 50.5 Å². The molecular formula is C22H16O9. The van der Waals surface area contributed by atoms with Gasteiger partial charge in [0.15, 0.2) is 0 Å². The fourth-order valence-corrected chi connectivity index (χ4v) is 4.05. The molecule has 4 N–H and O–H groups in total. The van der Waals surface area contributed by atoms with Gasteiger partial charge in [0.1, 0.15) is 34.2 Å². The lowest BCUT2D eigenvalue weighted by atomic mass is 9.91. The fraction of sp³-hybridized carbons (Fsp3) is 0.182.